The Bertz CT molecular complexity index is 1200. The quantitative estimate of drug-likeness (QED) is 0.553. The van der Waals surface area contributed by atoms with Gasteiger partial charge in [-0.25, -0.2) is 4.79 Å². The number of fused-ring (bicyclic) bond motifs is 4. The monoisotopic (exact) mass is 548 g/mol. The zero-order valence-corrected chi connectivity index (χ0v) is 24.4. The van der Waals surface area contributed by atoms with Gasteiger partial charge in [0.2, 0.25) is 0 Å². The van der Waals surface area contributed by atoms with Crippen molar-refractivity contribution in [1.82, 2.24) is 20.1 Å². The molecule has 2 aromatic rings. The lowest BCUT2D eigenvalue weighted by molar-refractivity contribution is 0.0172. The van der Waals surface area contributed by atoms with Crippen LogP contribution in [0.25, 0.3) is 11.1 Å². The van der Waals surface area contributed by atoms with E-state index in [1.165, 1.54) is 0 Å². The number of para-hydroxylation sites is 1. The number of carbonyl (C=O) groups is 2. The molecule has 1 atom stereocenters. The summed E-state index contributed by atoms with van der Waals surface area (Å²) >= 11 is 0. The van der Waals surface area contributed by atoms with E-state index in [1.54, 1.807) is 12.4 Å². The van der Waals surface area contributed by atoms with Crippen LogP contribution in [0.3, 0.4) is 0 Å². The van der Waals surface area contributed by atoms with Crippen LogP contribution in [0.15, 0.2) is 42.7 Å². The third kappa shape index (κ3) is 7.14. The Hall–Kier alpha value is -3.13. The number of carbonyl (C=O) groups excluding carboxylic acids is 2. The highest BCUT2D eigenvalue weighted by Gasteiger charge is 2.43. The first kappa shape index (κ1) is 28.4. The molecule has 1 aliphatic carbocycles. The predicted molar refractivity (Wildman–Crippen MR) is 155 cm³/mol. The van der Waals surface area contributed by atoms with Crippen LogP contribution in [0.4, 0.5) is 4.79 Å². The SMILES string of the molecule is CN1CC(CC2CCN(C(=O)OC(C)(C)C)CC2)CNCC2(CC2)COc2ccccc2-c2cncc(c2)C1=O. The first-order valence-corrected chi connectivity index (χ1v) is 14.7. The molecule has 216 valence electrons. The maximum Gasteiger partial charge on any atom is 0.410 e. The van der Waals surface area contributed by atoms with Gasteiger partial charge in [0, 0.05) is 62.2 Å². The van der Waals surface area contributed by atoms with Crippen molar-refractivity contribution in [3.63, 3.8) is 0 Å². The third-order valence-corrected chi connectivity index (χ3v) is 8.42. The first-order valence-electron chi connectivity index (χ1n) is 14.7. The number of ether oxygens (including phenoxy) is 2. The van der Waals surface area contributed by atoms with Crippen LogP contribution in [0.2, 0.25) is 0 Å². The highest BCUT2D eigenvalue weighted by molar-refractivity contribution is 5.95. The van der Waals surface area contributed by atoms with Gasteiger partial charge in [0.15, 0.2) is 0 Å². The molecule has 2 aliphatic heterocycles. The Labute approximate surface area is 238 Å². The van der Waals surface area contributed by atoms with Gasteiger partial charge < -0.3 is 24.6 Å². The number of amides is 2. The van der Waals surface area contributed by atoms with Crippen LogP contribution in [-0.2, 0) is 4.74 Å². The molecule has 0 radical (unpaired) electrons. The lowest BCUT2D eigenvalue weighted by atomic mass is 9.86. The number of benzene rings is 1. The van der Waals surface area contributed by atoms with Crippen molar-refractivity contribution < 1.29 is 19.1 Å². The van der Waals surface area contributed by atoms with Crippen molar-refractivity contribution in [1.29, 1.82) is 0 Å². The minimum absolute atomic E-state index is 0.0222. The van der Waals surface area contributed by atoms with E-state index in [1.807, 2.05) is 68.0 Å². The molecule has 1 aromatic heterocycles. The van der Waals surface area contributed by atoms with Crippen molar-refractivity contribution >= 4 is 12.0 Å². The molecule has 3 heterocycles. The number of piperidine rings is 1. The Kier molecular flexibility index (Phi) is 8.36. The second-order valence-electron chi connectivity index (χ2n) is 13.1. The average Bonchev–Trinajstić information content (AvgIpc) is 3.70. The molecule has 2 bridgehead atoms. The molecule has 5 rings (SSSR count). The van der Waals surface area contributed by atoms with Gasteiger partial charge in [-0.1, -0.05) is 18.2 Å². The molecule has 1 N–H and O–H groups in total. The summed E-state index contributed by atoms with van der Waals surface area (Å²) in [4.78, 5) is 34.1. The molecule has 8 nitrogen and oxygen atoms in total. The molecule has 1 spiro atoms. The van der Waals surface area contributed by atoms with Crippen molar-refractivity contribution in [3.05, 3.63) is 48.3 Å². The molecular formula is C32H44N4O4. The molecule has 8 heteroatoms. The smallest absolute Gasteiger partial charge is 0.410 e. The molecule has 1 unspecified atom stereocenters. The number of nitrogens with zero attached hydrogens (tertiary/aromatic N) is 3. The topological polar surface area (TPSA) is 84.0 Å². The summed E-state index contributed by atoms with van der Waals surface area (Å²) in [6, 6.07) is 9.95. The van der Waals surface area contributed by atoms with Gasteiger partial charge in [0.1, 0.15) is 11.4 Å². The van der Waals surface area contributed by atoms with E-state index in [4.69, 9.17) is 9.47 Å². The van der Waals surface area contributed by atoms with Crippen LogP contribution < -0.4 is 10.1 Å². The zero-order chi connectivity index (χ0) is 28.3. The second-order valence-corrected chi connectivity index (χ2v) is 13.1. The number of aromatic nitrogens is 1. The maximum atomic E-state index is 13.5. The lowest BCUT2D eigenvalue weighted by Gasteiger charge is -2.35. The number of pyridine rings is 1. The Morgan fingerprint density at radius 2 is 1.85 bits per heavy atom. The first-order chi connectivity index (χ1) is 19.1. The number of hydrogen-bond donors (Lipinski definition) is 1. The zero-order valence-electron chi connectivity index (χ0n) is 24.4. The highest BCUT2D eigenvalue weighted by atomic mass is 16.6. The Morgan fingerprint density at radius 1 is 1.12 bits per heavy atom. The predicted octanol–water partition coefficient (Wildman–Crippen LogP) is 5.24. The van der Waals surface area contributed by atoms with E-state index >= 15 is 0 Å². The molecule has 3 aliphatic rings. The summed E-state index contributed by atoms with van der Waals surface area (Å²) in [5, 5.41) is 3.75. The number of hydrogen-bond acceptors (Lipinski definition) is 6. The van der Waals surface area contributed by atoms with Gasteiger partial charge in [-0.2, -0.15) is 0 Å². The fourth-order valence-electron chi connectivity index (χ4n) is 5.92. The van der Waals surface area contributed by atoms with Gasteiger partial charge in [0.25, 0.3) is 5.91 Å². The van der Waals surface area contributed by atoms with Gasteiger partial charge in [-0.3, -0.25) is 9.78 Å². The van der Waals surface area contributed by atoms with Crippen LogP contribution in [0.5, 0.6) is 5.75 Å². The van der Waals surface area contributed by atoms with E-state index < -0.39 is 5.60 Å². The van der Waals surface area contributed by atoms with Crippen molar-refractivity contribution in [2.75, 3.05) is 46.4 Å². The molecule has 1 saturated heterocycles. The largest absolute Gasteiger partial charge is 0.492 e. The number of likely N-dealkylation sites (tertiary alicyclic amines) is 1. The lowest BCUT2D eigenvalue weighted by Crippen LogP contribution is -2.43. The van der Waals surface area contributed by atoms with Gasteiger partial charge >= 0.3 is 6.09 Å². The number of nitrogens with one attached hydrogen (secondary N) is 1. The van der Waals surface area contributed by atoms with E-state index in [2.05, 4.69) is 10.3 Å². The Balaban J connectivity index is 1.29. The molecular weight excluding hydrogens is 504 g/mol. The van der Waals surface area contributed by atoms with Gasteiger partial charge in [-0.15, -0.1) is 0 Å². The normalized spacial score (nSPS) is 22.1. The molecule has 1 aromatic carbocycles. The van der Waals surface area contributed by atoms with E-state index in [-0.39, 0.29) is 17.4 Å². The van der Waals surface area contributed by atoms with Gasteiger partial charge in [0.05, 0.1) is 12.2 Å². The highest BCUT2D eigenvalue weighted by Crippen LogP contribution is 2.46. The average molecular weight is 549 g/mol. The summed E-state index contributed by atoms with van der Waals surface area (Å²) in [5.74, 6) is 1.63. The van der Waals surface area contributed by atoms with Crippen LogP contribution in [-0.4, -0.2) is 78.8 Å². The fourth-order valence-corrected chi connectivity index (χ4v) is 5.92. The van der Waals surface area contributed by atoms with Crippen LogP contribution >= 0.6 is 0 Å². The fraction of sp³-hybridized carbons (Fsp3) is 0.594. The summed E-state index contributed by atoms with van der Waals surface area (Å²) in [6.45, 7) is 10.2. The van der Waals surface area contributed by atoms with E-state index in [0.717, 1.165) is 62.1 Å². The van der Waals surface area contributed by atoms with Gasteiger partial charge in [-0.05, 0) is 83.4 Å². The Morgan fingerprint density at radius 3 is 2.58 bits per heavy atom. The summed E-state index contributed by atoms with van der Waals surface area (Å²) in [7, 11) is 1.89. The van der Waals surface area contributed by atoms with Crippen molar-refractivity contribution in [3.8, 4) is 16.9 Å². The van der Waals surface area contributed by atoms with Crippen molar-refractivity contribution in [2.45, 2.75) is 58.5 Å². The minimum atomic E-state index is -0.483. The summed E-state index contributed by atoms with van der Waals surface area (Å²) in [6.07, 6.45) is 8.48. The van der Waals surface area contributed by atoms with E-state index in [0.29, 0.717) is 43.6 Å². The maximum absolute atomic E-state index is 13.5. The summed E-state index contributed by atoms with van der Waals surface area (Å²) < 4.78 is 12.0. The molecule has 2 amide bonds. The summed E-state index contributed by atoms with van der Waals surface area (Å²) in [5.41, 5.74) is 2.12. The molecule has 1 saturated carbocycles. The molecule has 2 fully saturated rings. The third-order valence-electron chi connectivity index (χ3n) is 8.42. The van der Waals surface area contributed by atoms with E-state index in [9.17, 15) is 9.59 Å². The standard InChI is InChI=1S/C32H44N4O4/c1-31(2,3)40-30(38)36-13-9-23(10-14-36)15-24-17-34-21-32(11-12-32)22-39-28-8-6-5-7-27(28)25-16-26(19-33-18-25)29(37)35(4)20-24/h5-8,16,18-19,23-24,34H,9-15,17,20-22H2,1-4H3. The number of rotatable bonds is 2. The van der Waals surface area contributed by atoms with Crippen molar-refractivity contribution in [2.24, 2.45) is 17.3 Å². The van der Waals surface area contributed by atoms with Crippen LogP contribution in [0.1, 0.15) is 63.2 Å². The minimum Gasteiger partial charge on any atom is -0.492 e. The molecule has 40 heavy (non-hydrogen) atoms. The second kappa shape index (κ2) is 11.8. The van der Waals surface area contributed by atoms with Crippen LogP contribution in [0, 0.1) is 17.3 Å².